The molecular formula is C15H22Br3NO2. The second kappa shape index (κ2) is 5.45. The number of rotatable bonds is 4. The number of carbonyl (C=O) groups excluding carboxylic acids is 1. The smallest absolute Gasteiger partial charge is 0.228 e. The van der Waals surface area contributed by atoms with Gasteiger partial charge in [-0.25, -0.2) is 0 Å². The van der Waals surface area contributed by atoms with E-state index in [4.69, 9.17) is 4.74 Å². The predicted octanol–water partition coefficient (Wildman–Crippen LogP) is 3.97. The monoisotopic (exact) mass is 485 g/mol. The highest BCUT2D eigenvalue weighted by atomic mass is 79.9. The van der Waals surface area contributed by atoms with Gasteiger partial charge in [0.15, 0.2) is 0 Å². The van der Waals surface area contributed by atoms with E-state index in [1.54, 1.807) is 0 Å². The van der Waals surface area contributed by atoms with Gasteiger partial charge in [0.05, 0.1) is 15.3 Å². The fourth-order valence-corrected chi connectivity index (χ4v) is 9.78. The molecular weight excluding hydrogens is 466 g/mol. The van der Waals surface area contributed by atoms with Gasteiger partial charge >= 0.3 is 0 Å². The maximum Gasteiger partial charge on any atom is 0.228 e. The van der Waals surface area contributed by atoms with Crippen LogP contribution in [0.2, 0.25) is 0 Å². The number of hydrogen-bond acceptors (Lipinski definition) is 2. The van der Waals surface area contributed by atoms with Crippen LogP contribution >= 0.6 is 47.8 Å². The van der Waals surface area contributed by atoms with E-state index in [1.165, 1.54) is 0 Å². The SMILES string of the molecule is CC1(C)C2(C(=O)NCC3CCCO3)CCC1(C(Br)Br)C2Br. The first-order chi connectivity index (χ1) is 9.80. The summed E-state index contributed by atoms with van der Waals surface area (Å²) in [5.74, 6) is 0.193. The summed E-state index contributed by atoms with van der Waals surface area (Å²) in [4.78, 5) is 13.1. The average Bonchev–Trinajstić information content (AvgIpc) is 3.08. The Balaban J connectivity index is 1.74. The highest BCUT2D eigenvalue weighted by molar-refractivity contribution is 9.24. The van der Waals surface area contributed by atoms with Crippen molar-refractivity contribution in [3.63, 3.8) is 0 Å². The molecule has 6 heteroatoms. The van der Waals surface area contributed by atoms with Crippen molar-refractivity contribution in [3.05, 3.63) is 0 Å². The van der Waals surface area contributed by atoms with Crippen molar-refractivity contribution in [3.8, 4) is 0 Å². The molecule has 1 saturated heterocycles. The summed E-state index contributed by atoms with van der Waals surface area (Å²) in [5, 5.41) is 3.16. The summed E-state index contributed by atoms with van der Waals surface area (Å²) in [7, 11) is 0. The van der Waals surface area contributed by atoms with Crippen LogP contribution in [0.4, 0.5) is 0 Å². The zero-order chi connectivity index (χ0) is 15.5. The maximum absolute atomic E-state index is 12.9. The Labute approximate surface area is 151 Å². The summed E-state index contributed by atoms with van der Waals surface area (Å²) in [6, 6.07) is 0. The molecule has 4 unspecified atom stereocenters. The Bertz CT molecular complexity index is 450. The summed E-state index contributed by atoms with van der Waals surface area (Å²) in [5.41, 5.74) is -0.244. The van der Waals surface area contributed by atoms with E-state index in [0.717, 1.165) is 32.3 Å². The number of ether oxygens (including phenoxy) is 1. The first kappa shape index (κ1) is 16.7. The fourth-order valence-electron chi connectivity index (χ4n) is 4.87. The van der Waals surface area contributed by atoms with Crippen molar-refractivity contribution >= 4 is 53.7 Å². The van der Waals surface area contributed by atoms with Crippen molar-refractivity contribution in [2.45, 2.75) is 54.2 Å². The number of fused-ring (bicyclic) bond motifs is 1. The fraction of sp³-hybridized carbons (Fsp3) is 0.933. The number of hydrogen-bond donors (Lipinski definition) is 1. The van der Waals surface area contributed by atoms with E-state index in [1.807, 2.05) is 0 Å². The van der Waals surface area contributed by atoms with Gasteiger partial charge in [0.2, 0.25) is 5.91 Å². The van der Waals surface area contributed by atoms with Crippen LogP contribution in [0.3, 0.4) is 0 Å². The summed E-state index contributed by atoms with van der Waals surface area (Å²) < 4.78 is 5.83. The number of carbonyl (C=O) groups is 1. The third kappa shape index (κ3) is 1.94. The van der Waals surface area contributed by atoms with Gasteiger partial charge in [-0.1, -0.05) is 61.6 Å². The van der Waals surface area contributed by atoms with E-state index in [0.29, 0.717) is 6.54 Å². The molecule has 1 heterocycles. The van der Waals surface area contributed by atoms with E-state index in [9.17, 15) is 4.79 Å². The molecule has 1 amide bonds. The Morgan fingerprint density at radius 2 is 2.10 bits per heavy atom. The lowest BCUT2D eigenvalue weighted by Gasteiger charge is -2.66. The standard InChI is InChI=1S/C15H22Br3NO2/c1-13(2)14(11(17)18)5-6-15(13,10(14)16)12(20)19-8-9-4-3-7-21-9/h9-11H,3-8H2,1-2H3,(H,19,20). The van der Waals surface area contributed by atoms with Crippen molar-refractivity contribution in [2.75, 3.05) is 13.2 Å². The Morgan fingerprint density at radius 3 is 2.57 bits per heavy atom. The van der Waals surface area contributed by atoms with Gasteiger partial charge in [-0.2, -0.15) is 0 Å². The first-order valence-corrected chi connectivity index (χ1v) is 10.4. The summed E-state index contributed by atoms with van der Waals surface area (Å²) >= 11 is 11.3. The number of amides is 1. The molecule has 4 rings (SSSR count). The molecule has 120 valence electrons. The van der Waals surface area contributed by atoms with Crippen LogP contribution in [-0.2, 0) is 9.53 Å². The molecule has 1 aliphatic heterocycles. The van der Waals surface area contributed by atoms with Gasteiger partial charge < -0.3 is 10.1 Å². The Morgan fingerprint density at radius 1 is 1.38 bits per heavy atom. The summed E-state index contributed by atoms with van der Waals surface area (Å²) in [6.45, 7) is 5.95. The van der Waals surface area contributed by atoms with Crippen molar-refractivity contribution in [1.82, 2.24) is 5.32 Å². The molecule has 4 aliphatic rings. The van der Waals surface area contributed by atoms with Crippen LogP contribution in [0.1, 0.15) is 39.5 Å². The van der Waals surface area contributed by atoms with Crippen molar-refractivity contribution < 1.29 is 9.53 Å². The third-order valence-electron chi connectivity index (χ3n) is 6.41. The minimum Gasteiger partial charge on any atom is -0.376 e. The van der Waals surface area contributed by atoms with Crippen LogP contribution in [0, 0.1) is 16.2 Å². The largest absolute Gasteiger partial charge is 0.376 e. The normalized spacial score (nSPS) is 43.9. The topological polar surface area (TPSA) is 38.3 Å². The van der Waals surface area contributed by atoms with Crippen LogP contribution in [-0.4, -0.2) is 33.7 Å². The average molecular weight is 488 g/mol. The molecule has 1 N–H and O–H groups in total. The maximum atomic E-state index is 12.9. The molecule has 3 nitrogen and oxygen atoms in total. The molecule has 0 aromatic carbocycles. The van der Waals surface area contributed by atoms with Gasteiger partial charge in [-0.15, -0.1) is 0 Å². The van der Waals surface area contributed by atoms with Crippen LogP contribution < -0.4 is 5.32 Å². The van der Waals surface area contributed by atoms with Crippen molar-refractivity contribution in [1.29, 1.82) is 0 Å². The van der Waals surface area contributed by atoms with Crippen molar-refractivity contribution in [2.24, 2.45) is 16.2 Å². The van der Waals surface area contributed by atoms with E-state index < -0.39 is 0 Å². The van der Waals surface area contributed by atoms with E-state index in [-0.39, 0.29) is 36.8 Å². The molecule has 0 spiro atoms. The van der Waals surface area contributed by atoms with Gasteiger partial charge in [0.1, 0.15) is 0 Å². The molecule has 0 aromatic heterocycles. The number of alkyl halides is 3. The Hall–Kier alpha value is 0.870. The minimum atomic E-state index is -0.300. The zero-order valence-corrected chi connectivity index (χ0v) is 17.2. The highest BCUT2D eigenvalue weighted by Crippen LogP contribution is 2.82. The lowest BCUT2D eigenvalue weighted by molar-refractivity contribution is -0.162. The van der Waals surface area contributed by atoms with Gasteiger partial charge in [-0.3, -0.25) is 4.79 Å². The predicted molar refractivity (Wildman–Crippen MR) is 94.2 cm³/mol. The second-order valence-electron chi connectivity index (χ2n) is 7.15. The van der Waals surface area contributed by atoms with Crippen LogP contribution in [0.5, 0.6) is 0 Å². The molecule has 4 atom stereocenters. The van der Waals surface area contributed by atoms with Gasteiger partial charge in [-0.05, 0) is 31.1 Å². The Kier molecular flexibility index (Phi) is 4.34. The number of nitrogens with one attached hydrogen (secondary N) is 1. The molecule has 0 radical (unpaired) electrons. The lowest BCUT2D eigenvalue weighted by atomic mass is 9.43. The molecule has 21 heavy (non-hydrogen) atoms. The molecule has 4 fully saturated rings. The number of halogens is 3. The molecule has 0 aromatic rings. The molecule has 3 aliphatic carbocycles. The lowest BCUT2D eigenvalue weighted by Crippen LogP contribution is -2.72. The zero-order valence-electron chi connectivity index (χ0n) is 12.4. The first-order valence-electron chi connectivity index (χ1n) is 7.63. The van der Waals surface area contributed by atoms with Gasteiger partial charge in [0.25, 0.3) is 0 Å². The molecule has 3 saturated carbocycles. The van der Waals surface area contributed by atoms with Gasteiger partial charge in [0, 0.05) is 23.4 Å². The van der Waals surface area contributed by atoms with E-state index in [2.05, 4.69) is 67.0 Å². The second-order valence-corrected chi connectivity index (χ2v) is 11.1. The van der Waals surface area contributed by atoms with Crippen LogP contribution in [0.15, 0.2) is 0 Å². The third-order valence-corrected chi connectivity index (χ3v) is 9.64. The highest BCUT2D eigenvalue weighted by Gasteiger charge is 2.83. The quantitative estimate of drug-likeness (QED) is 0.609. The van der Waals surface area contributed by atoms with Crippen LogP contribution in [0.25, 0.3) is 0 Å². The minimum absolute atomic E-state index is 0.0353. The summed E-state index contributed by atoms with van der Waals surface area (Å²) in [6.07, 6.45) is 4.37. The molecule has 2 bridgehead atoms. The van der Waals surface area contributed by atoms with E-state index >= 15 is 0 Å².